The third kappa shape index (κ3) is 3.57. The standard InChI is InChI=1S/C17H12BrN3O3/c18-14-5-2-4-13(10-14)16-7-8-17(22)20(19-16)11-12-3-1-6-15(9-12)21(23)24/h1-10H,11H2. The van der Waals surface area contributed by atoms with E-state index >= 15 is 0 Å². The van der Waals surface area contributed by atoms with Crippen molar-refractivity contribution in [2.24, 2.45) is 0 Å². The Balaban J connectivity index is 1.97. The van der Waals surface area contributed by atoms with Gasteiger partial charge in [-0.05, 0) is 23.8 Å². The summed E-state index contributed by atoms with van der Waals surface area (Å²) < 4.78 is 2.22. The summed E-state index contributed by atoms with van der Waals surface area (Å²) in [5.74, 6) is 0. The molecule has 0 saturated heterocycles. The lowest BCUT2D eigenvalue weighted by Crippen LogP contribution is -2.22. The van der Waals surface area contributed by atoms with Crippen molar-refractivity contribution in [2.45, 2.75) is 6.54 Å². The summed E-state index contributed by atoms with van der Waals surface area (Å²) in [4.78, 5) is 22.4. The molecular weight excluding hydrogens is 374 g/mol. The summed E-state index contributed by atoms with van der Waals surface area (Å²) in [6, 6.07) is 16.9. The van der Waals surface area contributed by atoms with Crippen molar-refractivity contribution in [3.63, 3.8) is 0 Å². The predicted molar refractivity (Wildman–Crippen MR) is 93.8 cm³/mol. The number of hydrogen-bond acceptors (Lipinski definition) is 4. The van der Waals surface area contributed by atoms with Gasteiger partial charge in [-0.2, -0.15) is 5.10 Å². The fourth-order valence-electron chi connectivity index (χ4n) is 2.31. The normalized spacial score (nSPS) is 10.5. The highest BCUT2D eigenvalue weighted by Crippen LogP contribution is 2.20. The Morgan fingerprint density at radius 2 is 1.88 bits per heavy atom. The van der Waals surface area contributed by atoms with Crippen molar-refractivity contribution in [1.82, 2.24) is 9.78 Å². The molecule has 0 radical (unpaired) electrons. The number of nitro benzene ring substituents is 1. The van der Waals surface area contributed by atoms with Gasteiger partial charge in [0.2, 0.25) is 0 Å². The Hall–Kier alpha value is -2.80. The van der Waals surface area contributed by atoms with Crippen molar-refractivity contribution in [1.29, 1.82) is 0 Å². The minimum absolute atomic E-state index is 0.0105. The predicted octanol–water partition coefficient (Wildman–Crippen LogP) is 3.63. The maximum atomic E-state index is 12.1. The average Bonchev–Trinajstić information content (AvgIpc) is 2.57. The molecular formula is C17H12BrN3O3. The number of rotatable bonds is 4. The molecule has 0 spiro atoms. The molecule has 0 unspecified atom stereocenters. The van der Waals surface area contributed by atoms with Crippen molar-refractivity contribution in [3.05, 3.63) is 91.2 Å². The largest absolute Gasteiger partial charge is 0.269 e. The van der Waals surface area contributed by atoms with Crippen LogP contribution in [0.5, 0.6) is 0 Å². The van der Waals surface area contributed by atoms with Crippen LogP contribution in [0.4, 0.5) is 5.69 Å². The number of hydrogen-bond donors (Lipinski definition) is 0. The Labute approximate surface area is 145 Å². The topological polar surface area (TPSA) is 78.0 Å². The highest BCUT2D eigenvalue weighted by Gasteiger charge is 2.08. The number of nitrogens with zero attached hydrogens (tertiary/aromatic N) is 3. The van der Waals surface area contributed by atoms with Crippen LogP contribution in [0.1, 0.15) is 5.56 Å². The smallest absolute Gasteiger partial charge is 0.268 e. The summed E-state index contributed by atoms with van der Waals surface area (Å²) in [5.41, 5.74) is 1.90. The first-order valence-corrected chi connectivity index (χ1v) is 7.90. The second-order valence-corrected chi connectivity index (χ2v) is 6.07. The Morgan fingerprint density at radius 1 is 1.08 bits per heavy atom. The number of benzene rings is 2. The summed E-state index contributed by atoms with van der Waals surface area (Å²) in [7, 11) is 0. The van der Waals surface area contributed by atoms with Crippen LogP contribution in [0.15, 0.2) is 69.9 Å². The van der Waals surface area contributed by atoms with Gasteiger partial charge >= 0.3 is 0 Å². The van der Waals surface area contributed by atoms with Crippen molar-refractivity contribution < 1.29 is 4.92 Å². The Bertz CT molecular complexity index is 969. The van der Waals surface area contributed by atoms with Gasteiger partial charge in [0.05, 0.1) is 17.2 Å². The molecule has 24 heavy (non-hydrogen) atoms. The van der Waals surface area contributed by atoms with Gasteiger partial charge in [-0.1, -0.05) is 40.2 Å². The number of nitro groups is 1. The van der Waals surface area contributed by atoms with E-state index in [-0.39, 0.29) is 17.8 Å². The van der Waals surface area contributed by atoms with Crippen LogP contribution in [0.25, 0.3) is 11.3 Å². The highest BCUT2D eigenvalue weighted by molar-refractivity contribution is 9.10. The van der Waals surface area contributed by atoms with E-state index in [0.29, 0.717) is 11.3 Å². The van der Waals surface area contributed by atoms with Gasteiger partial charge in [0.15, 0.2) is 0 Å². The van der Waals surface area contributed by atoms with E-state index in [9.17, 15) is 14.9 Å². The molecule has 0 bridgehead atoms. The van der Waals surface area contributed by atoms with Gasteiger partial charge in [0, 0.05) is 28.2 Å². The first-order chi connectivity index (χ1) is 11.5. The molecule has 6 nitrogen and oxygen atoms in total. The zero-order valence-electron chi connectivity index (χ0n) is 12.4. The molecule has 0 amide bonds. The minimum Gasteiger partial charge on any atom is -0.268 e. The first kappa shape index (κ1) is 16.1. The van der Waals surface area contributed by atoms with Gasteiger partial charge in [-0.15, -0.1) is 0 Å². The van der Waals surface area contributed by atoms with Crippen LogP contribution in [-0.4, -0.2) is 14.7 Å². The third-order valence-electron chi connectivity index (χ3n) is 3.44. The zero-order chi connectivity index (χ0) is 17.1. The SMILES string of the molecule is O=c1ccc(-c2cccc(Br)c2)nn1Cc1cccc([N+](=O)[O-])c1. The number of halogens is 1. The molecule has 3 aromatic rings. The Kier molecular flexibility index (Phi) is 4.52. The maximum absolute atomic E-state index is 12.1. The van der Waals surface area contributed by atoms with Crippen LogP contribution in [-0.2, 0) is 6.54 Å². The summed E-state index contributed by atoms with van der Waals surface area (Å²) in [6.07, 6.45) is 0. The molecule has 1 heterocycles. The molecule has 0 aliphatic rings. The minimum atomic E-state index is -0.461. The van der Waals surface area contributed by atoms with E-state index in [1.165, 1.54) is 22.9 Å². The van der Waals surface area contributed by atoms with Crippen molar-refractivity contribution in [3.8, 4) is 11.3 Å². The molecule has 0 aliphatic heterocycles. The lowest BCUT2D eigenvalue weighted by Gasteiger charge is -2.08. The second kappa shape index (κ2) is 6.76. The van der Waals surface area contributed by atoms with Gasteiger partial charge in [-0.3, -0.25) is 14.9 Å². The van der Waals surface area contributed by atoms with Crippen LogP contribution < -0.4 is 5.56 Å². The summed E-state index contributed by atoms with van der Waals surface area (Å²) in [6.45, 7) is 0.169. The van der Waals surface area contributed by atoms with E-state index in [0.717, 1.165) is 10.0 Å². The quantitative estimate of drug-likeness (QED) is 0.507. The first-order valence-electron chi connectivity index (χ1n) is 7.10. The molecule has 0 saturated carbocycles. The third-order valence-corrected chi connectivity index (χ3v) is 3.93. The number of non-ortho nitro benzene ring substituents is 1. The van der Waals surface area contributed by atoms with Crippen LogP contribution in [0, 0.1) is 10.1 Å². The second-order valence-electron chi connectivity index (χ2n) is 5.15. The molecule has 120 valence electrons. The number of aromatic nitrogens is 2. The molecule has 3 rings (SSSR count). The molecule has 0 atom stereocenters. The molecule has 1 aromatic heterocycles. The highest BCUT2D eigenvalue weighted by atomic mass is 79.9. The molecule has 2 aromatic carbocycles. The molecule has 0 N–H and O–H groups in total. The Morgan fingerprint density at radius 3 is 2.62 bits per heavy atom. The molecule has 7 heteroatoms. The lowest BCUT2D eigenvalue weighted by atomic mass is 10.1. The van der Waals surface area contributed by atoms with Crippen LogP contribution in [0.3, 0.4) is 0 Å². The summed E-state index contributed by atoms with van der Waals surface area (Å²) >= 11 is 3.41. The van der Waals surface area contributed by atoms with Gasteiger partial charge in [-0.25, -0.2) is 4.68 Å². The lowest BCUT2D eigenvalue weighted by molar-refractivity contribution is -0.384. The molecule has 0 fully saturated rings. The van der Waals surface area contributed by atoms with E-state index in [2.05, 4.69) is 21.0 Å². The summed E-state index contributed by atoms with van der Waals surface area (Å²) in [5, 5.41) is 15.2. The van der Waals surface area contributed by atoms with E-state index in [1.807, 2.05) is 24.3 Å². The van der Waals surface area contributed by atoms with E-state index in [4.69, 9.17) is 0 Å². The fourth-order valence-corrected chi connectivity index (χ4v) is 2.70. The van der Waals surface area contributed by atoms with Crippen LogP contribution in [0.2, 0.25) is 0 Å². The molecule has 0 aliphatic carbocycles. The van der Waals surface area contributed by atoms with Gasteiger partial charge in [0.25, 0.3) is 11.2 Å². The zero-order valence-corrected chi connectivity index (χ0v) is 14.0. The van der Waals surface area contributed by atoms with Crippen LogP contribution >= 0.6 is 15.9 Å². The van der Waals surface area contributed by atoms with Gasteiger partial charge < -0.3 is 0 Å². The van der Waals surface area contributed by atoms with E-state index in [1.54, 1.807) is 18.2 Å². The monoisotopic (exact) mass is 385 g/mol. The van der Waals surface area contributed by atoms with Crippen molar-refractivity contribution >= 4 is 21.6 Å². The van der Waals surface area contributed by atoms with E-state index < -0.39 is 4.92 Å². The van der Waals surface area contributed by atoms with Gasteiger partial charge in [0.1, 0.15) is 0 Å². The average molecular weight is 386 g/mol. The fraction of sp³-hybridized carbons (Fsp3) is 0.0588. The van der Waals surface area contributed by atoms with Crippen molar-refractivity contribution in [2.75, 3.05) is 0 Å². The maximum Gasteiger partial charge on any atom is 0.269 e.